The molecule has 194 valence electrons. The van der Waals surface area contributed by atoms with E-state index in [4.69, 9.17) is 35.1 Å². The van der Waals surface area contributed by atoms with Gasteiger partial charge in [-0.25, -0.2) is 9.78 Å². The average molecular weight is 485 g/mol. The normalized spacial score (nSPS) is 22.7. The van der Waals surface area contributed by atoms with Crippen molar-refractivity contribution in [2.75, 3.05) is 46.8 Å². The minimum absolute atomic E-state index is 0.0145. The molecule has 0 saturated carbocycles. The number of amides is 1. The Kier molecular flexibility index (Phi) is 15.4. The predicted molar refractivity (Wildman–Crippen MR) is 125 cm³/mol. The zero-order valence-electron chi connectivity index (χ0n) is 20.7. The van der Waals surface area contributed by atoms with Crippen LogP contribution < -0.4 is 10.6 Å². The minimum Gasteiger partial charge on any atom is -0.449 e. The number of rotatable bonds is 19. The van der Waals surface area contributed by atoms with Crippen molar-refractivity contribution in [1.82, 2.24) is 10.6 Å². The maximum absolute atomic E-state index is 12.0. The van der Waals surface area contributed by atoms with Gasteiger partial charge in [0.1, 0.15) is 19.8 Å². The van der Waals surface area contributed by atoms with Gasteiger partial charge in [0.2, 0.25) is 5.91 Å². The number of terminal acetylenes is 1. The number of carbonyl (C=O) groups excluding carboxylic acids is 2. The average Bonchev–Trinajstić information content (AvgIpc) is 3.20. The first-order valence-corrected chi connectivity index (χ1v) is 11.6. The van der Waals surface area contributed by atoms with E-state index in [0.29, 0.717) is 32.7 Å². The van der Waals surface area contributed by atoms with E-state index in [1.807, 2.05) is 19.1 Å². The van der Waals surface area contributed by atoms with Crippen LogP contribution >= 0.6 is 0 Å². The number of nitrogens with one attached hydrogen (secondary N) is 2. The first-order chi connectivity index (χ1) is 16.4. The summed E-state index contributed by atoms with van der Waals surface area (Å²) in [5, 5.41) is 6.39. The van der Waals surface area contributed by atoms with Gasteiger partial charge >= 0.3 is 0 Å². The van der Waals surface area contributed by atoms with Gasteiger partial charge in [0.25, 0.3) is 6.47 Å². The number of carbonyl (C=O) groups is 2. The van der Waals surface area contributed by atoms with Gasteiger partial charge in [-0.05, 0) is 19.3 Å². The van der Waals surface area contributed by atoms with E-state index in [0.717, 1.165) is 12.8 Å². The van der Waals surface area contributed by atoms with Crippen LogP contribution in [0, 0.1) is 18.3 Å². The van der Waals surface area contributed by atoms with Gasteiger partial charge < -0.3 is 24.3 Å². The molecule has 0 aromatic carbocycles. The van der Waals surface area contributed by atoms with E-state index in [9.17, 15) is 9.59 Å². The zero-order valence-corrected chi connectivity index (χ0v) is 20.7. The van der Waals surface area contributed by atoms with Crippen molar-refractivity contribution in [2.45, 2.75) is 63.9 Å². The van der Waals surface area contributed by atoms with Crippen LogP contribution in [-0.2, 0) is 38.3 Å². The molecule has 34 heavy (non-hydrogen) atoms. The Morgan fingerprint density at radius 3 is 2.56 bits per heavy atom. The van der Waals surface area contributed by atoms with Crippen molar-refractivity contribution in [3.8, 4) is 12.3 Å². The van der Waals surface area contributed by atoms with E-state index >= 15 is 0 Å². The van der Waals surface area contributed by atoms with Crippen molar-refractivity contribution in [3.63, 3.8) is 0 Å². The minimum atomic E-state index is -0.597. The fourth-order valence-corrected chi connectivity index (χ4v) is 4.04. The topological polar surface area (TPSA) is 114 Å². The standard InChI is InChI=1S/C24H40N2O8/c1-6-10-24(4,29-5)23(25-19(3)28)22-20(17-21(26-22)32-18-27)9-8-12-31-14-16-34-33-15-13-30-11-7-2/h2,8-9,18,20-23,26H,6,10-17H2,1,3-5H3,(H,25,28)/t20-,21+,22-,23-,24+/m1/s1. The van der Waals surface area contributed by atoms with Crippen LogP contribution in [0.4, 0.5) is 0 Å². The SMILES string of the molecule is C#CCOCCOOCCOCC=C[C@@H]1C[C@H](OC=O)N[C@H]1[C@@H](NC(C)=O)[C@](C)(CCC)OC. The van der Waals surface area contributed by atoms with Crippen LogP contribution in [0.2, 0.25) is 0 Å². The van der Waals surface area contributed by atoms with E-state index in [1.54, 1.807) is 7.11 Å². The van der Waals surface area contributed by atoms with Crippen molar-refractivity contribution in [1.29, 1.82) is 0 Å². The summed E-state index contributed by atoms with van der Waals surface area (Å²) in [5.74, 6) is 2.20. The summed E-state index contributed by atoms with van der Waals surface area (Å²) < 4.78 is 21.6. The molecule has 1 amide bonds. The van der Waals surface area contributed by atoms with E-state index in [2.05, 4.69) is 23.5 Å². The molecule has 0 aliphatic carbocycles. The predicted octanol–water partition coefficient (Wildman–Crippen LogP) is 1.34. The summed E-state index contributed by atoms with van der Waals surface area (Å²) in [5.41, 5.74) is -0.597. The lowest BCUT2D eigenvalue weighted by Gasteiger charge is -2.41. The van der Waals surface area contributed by atoms with Gasteiger partial charge in [-0.2, -0.15) is 0 Å². The number of hydrogen-bond acceptors (Lipinski definition) is 9. The molecular weight excluding hydrogens is 444 g/mol. The van der Waals surface area contributed by atoms with Crippen LogP contribution in [0.3, 0.4) is 0 Å². The Morgan fingerprint density at radius 1 is 1.26 bits per heavy atom. The second kappa shape index (κ2) is 17.4. The second-order valence-corrected chi connectivity index (χ2v) is 8.16. The number of ether oxygens (including phenoxy) is 4. The molecule has 0 unspecified atom stereocenters. The number of methoxy groups -OCH3 is 1. The Labute approximate surface area is 202 Å². The van der Waals surface area contributed by atoms with Gasteiger partial charge in [0.15, 0.2) is 6.23 Å². The van der Waals surface area contributed by atoms with E-state index in [1.165, 1.54) is 6.92 Å². The number of hydrogen-bond donors (Lipinski definition) is 2. The molecule has 0 spiro atoms. The molecule has 1 aliphatic heterocycles. The maximum atomic E-state index is 12.0. The van der Waals surface area contributed by atoms with Gasteiger partial charge in [-0.3, -0.25) is 14.9 Å². The first kappa shape index (κ1) is 30.0. The Morgan fingerprint density at radius 2 is 1.97 bits per heavy atom. The van der Waals surface area contributed by atoms with Crippen LogP contribution in [0.1, 0.15) is 40.0 Å². The van der Waals surface area contributed by atoms with Gasteiger partial charge in [-0.15, -0.1) is 6.42 Å². The molecule has 10 nitrogen and oxygen atoms in total. The second-order valence-electron chi connectivity index (χ2n) is 8.16. The summed E-state index contributed by atoms with van der Waals surface area (Å²) in [4.78, 5) is 32.9. The zero-order chi connectivity index (χ0) is 25.2. The molecule has 2 N–H and O–H groups in total. The lowest BCUT2D eigenvalue weighted by molar-refractivity contribution is -0.302. The highest BCUT2D eigenvalue weighted by atomic mass is 17.2. The third-order valence-corrected chi connectivity index (χ3v) is 5.62. The lowest BCUT2D eigenvalue weighted by Crippen LogP contribution is -2.62. The van der Waals surface area contributed by atoms with Gasteiger partial charge in [-0.1, -0.05) is 31.4 Å². The van der Waals surface area contributed by atoms with Gasteiger partial charge in [0.05, 0.1) is 31.5 Å². The molecule has 10 heteroatoms. The summed E-state index contributed by atoms with van der Waals surface area (Å²) in [6.07, 6.45) is 10.8. The quantitative estimate of drug-likeness (QED) is 0.0700. The largest absolute Gasteiger partial charge is 0.449 e. The van der Waals surface area contributed by atoms with Crippen LogP contribution in [0.5, 0.6) is 0 Å². The molecule has 1 fully saturated rings. The molecule has 1 rings (SSSR count). The summed E-state index contributed by atoms with van der Waals surface area (Å²) >= 11 is 0. The van der Waals surface area contributed by atoms with Crippen LogP contribution in [0.15, 0.2) is 12.2 Å². The molecule has 5 atom stereocenters. The molecule has 1 heterocycles. The summed E-state index contributed by atoms with van der Waals surface area (Å²) in [7, 11) is 1.65. The van der Waals surface area contributed by atoms with E-state index in [-0.39, 0.29) is 43.7 Å². The summed E-state index contributed by atoms with van der Waals surface area (Å²) in [6, 6.07) is -0.532. The monoisotopic (exact) mass is 484 g/mol. The van der Waals surface area contributed by atoms with E-state index < -0.39 is 11.8 Å². The summed E-state index contributed by atoms with van der Waals surface area (Å²) in [6.45, 7) is 7.87. The van der Waals surface area contributed by atoms with Crippen molar-refractivity contribution in [2.24, 2.45) is 5.92 Å². The third-order valence-electron chi connectivity index (χ3n) is 5.62. The van der Waals surface area contributed by atoms with Crippen molar-refractivity contribution < 1.29 is 38.3 Å². The molecule has 1 saturated heterocycles. The fraction of sp³-hybridized carbons (Fsp3) is 0.750. The Bertz CT molecular complexity index is 653. The van der Waals surface area contributed by atoms with Crippen molar-refractivity contribution >= 4 is 12.4 Å². The highest BCUT2D eigenvalue weighted by Gasteiger charge is 2.46. The first-order valence-electron chi connectivity index (χ1n) is 11.6. The van der Waals surface area contributed by atoms with Gasteiger partial charge in [0, 0.05) is 26.5 Å². The highest BCUT2D eigenvalue weighted by Crippen LogP contribution is 2.32. The third kappa shape index (κ3) is 11.0. The highest BCUT2D eigenvalue weighted by molar-refractivity contribution is 5.73. The molecule has 0 aromatic heterocycles. The Balaban J connectivity index is 2.62. The van der Waals surface area contributed by atoms with Crippen LogP contribution in [-0.4, -0.2) is 83.0 Å². The molecule has 0 bridgehead atoms. The Hall–Kier alpha value is -2.00. The molecule has 0 radical (unpaired) electrons. The van der Waals surface area contributed by atoms with Crippen LogP contribution in [0.25, 0.3) is 0 Å². The maximum Gasteiger partial charge on any atom is 0.294 e. The molecular formula is C24H40N2O8. The lowest BCUT2D eigenvalue weighted by atomic mass is 9.81. The fourth-order valence-electron chi connectivity index (χ4n) is 4.04. The molecule has 1 aliphatic rings. The van der Waals surface area contributed by atoms with Crippen molar-refractivity contribution in [3.05, 3.63) is 12.2 Å². The molecule has 0 aromatic rings. The smallest absolute Gasteiger partial charge is 0.294 e.